The lowest BCUT2D eigenvalue weighted by Crippen LogP contribution is -2.47. The molecule has 2 aliphatic rings. The van der Waals surface area contributed by atoms with Crippen molar-refractivity contribution in [2.45, 2.75) is 58.4 Å². The van der Waals surface area contributed by atoms with E-state index in [1.54, 1.807) is 6.20 Å². The maximum atomic E-state index is 12.4. The van der Waals surface area contributed by atoms with Gasteiger partial charge in [-0.2, -0.15) is 0 Å². The molecular weight excluding hydrogens is 340 g/mol. The van der Waals surface area contributed by atoms with Crippen molar-refractivity contribution < 1.29 is 9.59 Å². The first-order valence-electron chi connectivity index (χ1n) is 10.3. The van der Waals surface area contributed by atoms with Gasteiger partial charge in [0.1, 0.15) is 5.82 Å². The number of carbonyl (C=O) groups excluding carboxylic acids is 2. The van der Waals surface area contributed by atoms with Gasteiger partial charge < -0.3 is 10.6 Å². The van der Waals surface area contributed by atoms with E-state index >= 15 is 0 Å². The monoisotopic (exact) mass is 372 g/mol. The van der Waals surface area contributed by atoms with E-state index in [0.29, 0.717) is 24.3 Å². The highest BCUT2D eigenvalue weighted by Gasteiger charge is 2.27. The van der Waals surface area contributed by atoms with E-state index in [4.69, 9.17) is 0 Å². The lowest BCUT2D eigenvalue weighted by molar-refractivity contribution is -0.124. The highest BCUT2D eigenvalue weighted by Crippen LogP contribution is 2.24. The van der Waals surface area contributed by atoms with Crippen LogP contribution in [0, 0.1) is 18.8 Å². The molecule has 6 nitrogen and oxygen atoms in total. The number of pyridine rings is 1. The molecule has 0 unspecified atom stereocenters. The minimum absolute atomic E-state index is 0.00854. The summed E-state index contributed by atoms with van der Waals surface area (Å²) in [7, 11) is 0. The Morgan fingerprint density at radius 1 is 1.15 bits per heavy atom. The standard InChI is InChI=1S/C21H32N4O2/c1-15-7-8-19(22-13-15)24-21(27)17-9-11-25(12-10-17)14-20(26)23-18-6-4-3-5-16(18)2/h7-8,13,16-18H,3-6,9-12,14H2,1-2H3,(H,23,26)(H,22,24,27)/t16-,18+/m0/s1. The van der Waals surface area contributed by atoms with Crippen molar-refractivity contribution in [3.05, 3.63) is 23.9 Å². The van der Waals surface area contributed by atoms with Crippen molar-refractivity contribution >= 4 is 17.6 Å². The van der Waals surface area contributed by atoms with Crippen LogP contribution in [0.15, 0.2) is 18.3 Å². The first-order valence-corrected chi connectivity index (χ1v) is 10.3. The first kappa shape index (κ1) is 19.8. The molecule has 2 atom stereocenters. The second-order valence-corrected chi connectivity index (χ2v) is 8.20. The Bertz CT molecular complexity index is 638. The van der Waals surface area contributed by atoms with Gasteiger partial charge in [0.05, 0.1) is 6.54 Å². The molecule has 148 valence electrons. The third-order valence-electron chi connectivity index (χ3n) is 5.95. The Balaban J connectivity index is 1.39. The minimum Gasteiger partial charge on any atom is -0.352 e. The number of hydrogen-bond acceptors (Lipinski definition) is 4. The van der Waals surface area contributed by atoms with E-state index in [9.17, 15) is 9.59 Å². The Labute approximate surface area is 162 Å². The van der Waals surface area contributed by atoms with Crippen LogP contribution in [0.2, 0.25) is 0 Å². The van der Waals surface area contributed by atoms with Crippen molar-refractivity contribution in [2.75, 3.05) is 25.0 Å². The molecule has 1 saturated heterocycles. The lowest BCUT2D eigenvalue weighted by Gasteiger charge is -2.33. The minimum atomic E-state index is -0.00854. The number of hydrogen-bond donors (Lipinski definition) is 2. The van der Waals surface area contributed by atoms with Gasteiger partial charge >= 0.3 is 0 Å². The van der Waals surface area contributed by atoms with E-state index in [1.165, 1.54) is 19.3 Å². The quantitative estimate of drug-likeness (QED) is 0.833. The van der Waals surface area contributed by atoms with Crippen LogP contribution >= 0.6 is 0 Å². The van der Waals surface area contributed by atoms with E-state index in [1.807, 2.05) is 19.1 Å². The van der Waals surface area contributed by atoms with Crippen molar-refractivity contribution in [1.82, 2.24) is 15.2 Å². The second-order valence-electron chi connectivity index (χ2n) is 8.20. The van der Waals surface area contributed by atoms with Crippen LogP contribution in [0.1, 0.15) is 51.0 Å². The zero-order valence-corrected chi connectivity index (χ0v) is 16.5. The van der Waals surface area contributed by atoms with Crippen LogP contribution in [0.5, 0.6) is 0 Å². The van der Waals surface area contributed by atoms with Gasteiger partial charge in [-0.15, -0.1) is 0 Å². The number of anilines is 1. The van der Waals surface area contributed by atoms with E-state index in [-0.39, 0.29) is 17.7 Å². The zero-order valence-electron chi connectivity index (χ0n) is 16.5. The predicted molar refractivity (Wildman–Crippen MR) is 106 cm³/mol. The molecule has 2 amide bonds. The summed E-state index contributed by atoms with van der Waals surface area (Å²) in [6.07, 6.45) is 8.12. The molecule has 0 spiro atoms. The van der Waals surface area contributed by atoms with Gasteiger partial charge in [-0.05, 0) is 63.2 Å². The largest absolute Gasteiger partial charge is 0.352 e. The maximum absolute atomic E-state index is 12.4. The van der Waals surface area contributed by atoms with Gasteiger partial charge in [-0.3, -0.25) is 14.5 Å². The SMILES string of the molecule is Cc1ccc(NC(=O)C2CCN(CC(=O)N[C@@H]3CCCC[C@@H]3C)CC2)nc1. The van der Waals surface area contributed by atoms with Crippen molar-refractivity contribution in [3.8, 4) is 0 Å². The van der Waals surface area contributed by atoms with Crippen molar-refractivity contribution in [3.63, 3.8) is 0 Å². The molecule has 2 fully saturated rings. The molecule has 0 aromatic carbocycles. The Hall–Kier alpha value is -1.95. The van der Waals surface area contributed by atoms with Crippen molar-refractivity contribution in [2.24, 2.45) is 11.8 Å². The normalized spacial score (nSPS) is 24.4. The van der Waals surface area contributed by atoms with Crippen molar-refractivity contribution in [1.29, 1.82) is 0 Å². The summed E-state index contributed by atoms with van der Waals surface area (Å²) >= 11 is 0. The molecule has 2 N–H and O–H groups in total. The topological polar surface area (TPSA) is 74.3 Å². The summed E-state index contributed by atoms with van der Waals surface area (Å²) in [5.74, 6) is 1.33. The Kier molecular flexibility index (Phi) is 6.83. The summed E-state index contributed by atoms with van der Waals surface area (Å²) < 4.78 is 0. The molecule has 1 aliphatic carbocycles. The van der Waals surface area contributed by atoms with Gasteiger partial charge in [-0.1, -0.05) is 25.8 Å². The molecule has 1 aromatic heterocycles. The number of likely N-dealkylation sites (tertiary alicyclic amines) is 1. The lowest BCUT2D eigenvalue weighted by atomic mass is 9.86. The van der Waals surface area contributed by atoms with Crippen LogP contribution in [0.25, 0.3) is 0 Å². The highest BCUT2D eigenvalue weighted by molar-refractivity contribution is 5.91. The van der Waals surface area contributed by atoms with Gasteiger partial charge in [0.15, 0.2) is 0 Å². The van der Waals surface area contributed by atoms with E-state index < -0.39 is 0 Å². The maximum Gasteiger partial charge on any atom is 0.234 e. The fourth-order valence-corrected chi connectivity index (χ4v) is 4.11. The molecule has 2 heterocycles. The van der Waals surface area contributed by atoms with Crippen LogP contribution in [0.4, 0.5) is 5.82 Å². The number of nitrogens with zero attached hydrogens (tertiary/aromatic N) is 2. The fraction of sp³-hybridized carbons (Fsp3) is 0.667. The molecule has 1 aromatic rings. The number of nitrogens with one attached hydrogen (secondary N) is 2. The molecule has 6 heteroatoms. The summed E-state index contributed by atoms with van der Waals surface area (Å²) in [5, 5.41) is 6.12. The van der Waals surface area contributed by atoms with Gasteiger partial charge in [-0.25, -0.2) is 4.98 Å². The van der Waals surface area contributed by atoms with Gasteiger partial charge in [0.25, 0.3) is 0 Å². The first-order chi connectivity index (χ1) is 13.0. The van der Waals surface area contributed by atoms with Crippen LogP contribution in [-0.4, -0.2) is 47.4 Å². The number of carbonyl (C=O) groups is 2. The zero-order chi connectivity index (χ0) is 19.2. The molecule has 0 bridgehead atoms. The Morgan fingerprint density at radius 3 is 2.56 bits per heavy atom. The smallest absolute Gasteiger partial charge is 0.234 e. The average Bonchev–Trinajstić information content (AvgIpc) is 2.66. The Morgan fingerprint density at radius 2 is 1.89 bits per heavy atom. The highest BCUT2D eigenvalue weighted by atomic mass is 16.2. The number of amides is 2. The average molecular weight is 373 g/mol. The van der Waals surface area contributed by atoms with Gasteiger partial charge in [0.2, 0.25) is 11.8 Å². The summed E-state index contributed by atoms with van der Waals surface area (Å²) in [6.45, 7) is 6.22. The number of piperidine rings is 1. The molecule has 0 radical (unpaired) electrons. The van der Waals surface area contributed by atoms with Crippen LogP contribution < -0.4 is 10.6 Å². The molecule has 3 rings (SSSR count). The third kappa shape index (κ3) is 5.76. The van der Waals surface area contributed by atoms with Crippen LogP contribution in [0.3, 0.4) is 0 Å². The van der Waals surface area contributed by atoms with Crippen LogP contribution in [-0.2, 0) is 9.59 Å². The molecule has 1 saturated carbocycles. The number of aryl methyl sites for hydroxylation is 1. The summed E-state index contributed by atoms with van der Waals surface area (Å²) in [5.41, 5.74) is 1.07. The third-order valence-corrected chi connectivity index (χ3v) is 5.95. The fourth-order valence-electron chi connectivity index (χ4n) is 4.11. The summed E-state index contributed by atoms with van der Waals surface area (Å²) in [6, 6.07) is 4.10. The number of rotatable bonds is 5. The number of aromatic nitrogens is 1. The molecular formula is C21H32N4O2. The summed E-state index contributed by atoms with van der Waals surface area (Å²) in [4.78, 5) is 31.2. The van der Waals surface area contributed by atoms with E-state index in [0.717, 1.165) is 37.9 Å². The predicted octanol–water partition coefficient (Wildman–Crippen LogP) is 2.74. The molecule has 27 heavy (non-hydrogen) atoms. The van der Waals surface area contributed by atoms with Gasteiger partial charge in [0, 0.05) is 18.2 Å². The second kappa shape index (κ2) is 9.31. The van der Waals surface area contributed by atoms with E-state index in [2.05, 4.69) is 27.4 Å². The molecule has 1 aliphatic heterocycles.